The highest BCUT2D eigenvalue weighted by Crippen LogP contribution is 2.14. The van der Waals surface area contributed by atoms with Crippen LogP contribution in [0.2, 0.25) is 0 Å². The summed E-state index contributed by atoms with van der Waals surface area (Å²) in [7, 11) is 0. The summed E-state index contributed by atoms with van der Waals surface area (Å²) in [6.45, 7) is 3.33. The number of nitrogens with two attached hydrogens (primary N) is 1. The van der Waals surface area contributed by atoms with Crippen LogP contribution in [0.3, 0.4) is 0 Å². The van der Waals surface area contributed by atoms with Crippen LogP contribution >= 0.6 is 12.2 Å². The van der Waals surface area contributed by atoms with Crippen LogP contribution in [-0.4, -0.2) is 73.4 Å². The average molecular weight is 285 g/mol. The first-order valence-electron chi connectivity index (χ1n) is 5.74. The molecule has 2 N–H and O–H groups in total. The van der Waals surface area contributed by atoms with E-state index in [4.69, 9.17) is 18.0 Å². The summed E-state index contributed by atoms with van der Waals surface area (Å²) in [5.41, 5.74) is 5.45. The smallest absolute Gasteiger partial charge is 0.392 e. The number of hydrogen-bond donors (Lipinski definition) is 1. The lowest BCUT2D eigenvalue weighted by Gasteiger charge is -2.34. The van der Waals surface area contributed by atoms with Crippen LogP contribution in [0.25, 0.3) is 0 Å². The molecule has 0 atom stereocenters. The topological polar surface area (TPSA) is 41.7 Å². The molecule has 1 rings (SSSR count). The predicted octanol–water partition coefficient (Wildman–Crippen LogP) is 0.469. The fourth-order valence-electron chi connectivity index (χ4n) is 1.77. The second-order valence-corrected chi connectivity index (χ2v) is 4.78. The molecule has 0 aromatic heterocycles. The summed E-state index contributed by atoms with van der Waals surface area (Å²) in [6, 6.07) is 0. The largest absolute Gasteiger partial charge is 0.411 e. The van der Waals surface area contributed by atoms with E-state index < -0.39 is 12.8 Å². The molecule has 0 saturated carbocycles. The molecule has 4 nitrogen and oxygen atoms in total. The van der Waals surface area contributed by atoms with Crippen molar-refractivity contribution in [3.8, 4) is 0 Å². The Kier molecular flexibility index (Phi) is 6.27. The van der Waals surface area contributed by atoms with Gasteiger partial charge in [-0.25, -0.2) is 0 Å². The molecule has 0 bridgehead atoms. The van der Waals surface area contributed by atoms with Gasteiger partial charge in [0.25, 0.3) is 0 Å². The molecule has 1 saturated heterocycles. The first-order chi connectivity index (χ1) is 8.37. The standard InChI is InChI=1S/C10H18F3N3OS/c11-10(12,13)8-17-6-5-15-1-3-16(4-2-15)7-9(14)18/h1-8H2,(H2,14,18). The molecule has 1 heterocycles. The average Bonchev–Trinajstić information content (AvgIpc) is 2.24. The summed E-state index contributed by atoms with van der Waals surface area (Å²) < 4.78 is 40.0. The van der Waals surface area contributed by atoms with Gasteiger partial charge in [0.15, 0.2) is 0 Å². The summed E-state index contributed by atoms with van der Waals surface area (Å²) in [5, 5.41) is 0. The quantitative estimate of drug-likeness (QED) is 0.567. The Morgan fingerprint density at radius 3 is 2.22 bits per heavy atom. The maximum absolute atomic E-state index is 11.8. The Labute approximate surface area is 110 Å². The number of hydrogen-bond acceptors (Lipinski definition) is 4. The van der Waals surface area contributed by atoms with Crippen molar-refractivity contribution in [1.29, 1.82) is 0 Å². The predicted molar refractivity (Wildman–Crippen MR) is 66.5 cm³/mol. The van der Waals surface area contributed by atoms with E-state index in [1.165, 1.54) is 0 Å². The lowest BCUT2D eigenvalue weighted by Crippen LogP contribution is -2.49. The lowest BCUT2D eigenvalue weighted by atomic mass is 10.3. The highest BCUT2D eigenvalue weighted by molar-refractivity contribution is 7.80. The molecule has 0 amide bonds. The summed E-state index contributed by atoms with van der Waals surface area (Å²) >= 11 is 4.82. The third kappa shape index (κ3) is 7.10. The van der Waals surface area contributed by atoms with E-state index in [1.54, 1.807) is 0 Å². The van der Waals surface area contributed by atoms with Crippen LogP contribution in [0, 0.1) is 0 Å². The zero-order valence-corrected chi connectivity index (χ0v) is 10.9. The molecule has 0 radical (unpaired) electrons. The van der Waals surface area contributed by atoms with E-state index >= 15 is 0 Å². The van der Waals surface area contributed by atoms with Crippen LogP contribution < -0.4 is 5.73 Å². The van der Waals surface area contributed by atoms with Gasteiger partial charge in [-0.2, -0.15) is 13.2 Å². The third-order valence-electron chi connectivity index (χ3n) is 2.66. The molecule has 18 heavy (non-hydrogen) atoms. The van der Waals surface area contributed by atoms with E-state index in [-0.39, 0.29) is 6.61 Å². The number of thiocarbonyl (C=S) groups is 1. The van der Waals surface area contributed by atoms with Crippen molar-refractivity contribution in [2.75, 3.05) is 52.5 Å². The van der Waals surface area contributed by atoms with Gasteiger partial charge in [0.2, 0.25) is 0 Å². The van der Waals surface area contributed by atoms with Crippen molar-refractivity contribution >= 4 is 17.2 Å². The summed E-state index contributed by atoms with van der Waals surface area (Å²) in [6.07, 6.45) is -4.24. The summed E-state index contributed by atoms with van der Waals surface area (Å²) in [4.78, 5) is 4.68. The Hall–Kier alpha value is -0.440. The molecular formula is C10H18F3N3OS. The highest BCUT2D eigenvalue weighted by atomic mass is 32.1. The van der Waals surface area contributed by atoms with Gasteiger partial charge < -0.3 is 10.5 Å². The fraction of sp³-hybridized carbons (Fsp3) is 0.900. The van der Waals surface area contributed by atoms with Gasteiger partial charge in [0.05, 0.1) is 11.6 Å². The monoisotopic (exact) mass is 285 g/mol. The third-order valence-corrected chi connectivity index (χ3v) is 2.79. The van der Waals surface area contributed by atoms with E-state index in [9.17, 15) is 13.2 Å². The van der Waals surface area contributed by atoms with Gasteiger partial charge in [-0.1, -0.05) is 12.2 Å². The van der Waals surface area contributed by atoms with E-state index in [0.29, 0.717) is 18.1 Å². The second kappa shape index (κ2) is 7.22. The van der Waals surface area contributed by atoms with Crippen molar-refractivity contribution in [2.24, 2.45) is 5.73 Å². The minimum absolute atomic E-state index is 0.106. The van der Waals surface area contributed by atoms with Gasteiger partial charge in [-0.3, -0.25) is 9.80 Å². The maximum Gasteiger partial charge on any atom is 0.411 e. The minimum atomic E-state index is -4.24. The van der Waals surface area contributed by atoms with E-state index in [2.05, 4.69) is 14.5 Å². The van der Waals surface area contributed by atoms with Gasteiger partial charge in [-0.15, -0.1) is 0 Å². The molecule has 106 valence electrons. The molecule has 0 unspecified atom stereocenters. The van der Waals surface area contributed by atoms with Crippen molar-refractivity contribution in [3.63, 3.8) is 0 Å². The van der Waals surface area contributed by atoms with Gasteiger partial charge in [0, 0.05) is 39.3 Å². The Morgan fingerprint density at radius 2 is 1.72 bits per heavy atom. The zero-order chi connectivity index (χ0) is 13.6. The molecule has 0 aromatic carbocycles. The van der Waals surface area contributed by atoms with E-state index in [0.717, 1.165) is 26.2 Å². The van der Waals surface area contributed by atoms with E-state index in [1.807, 2.05) is 0 Å². The van der Waals surface area contributed by atoms with Crippen molar-refractivity contribution < 1.29 is 17.9 Å². The number of rotatable bonds is 6. The van der Waals surface area contributed by atoms with Crippen LogP contribution in [0.5, 0.6) is 0 Å². The van der Waals surface area contributed by atoms with Gasteiger partial charge in [-0.05, 0) is 0 Å². The van der Waals surface area contributed by atoms with Gasteiger partial charge in [0.1, 0.15) is 6.61 Å². The highest BCUT2D eigenvalue weighted by Gasteiger charge is 2.27. The Morgan fingerprint density at radius 1 is 1.17 bits per heavy atom. The second-order valence-electron chi connectivity index (χ2n) is 4.25. The Bertz CT molecular complexity index is 268. The summed E-state index contributed by atoms with van der Waals surface area (Å²) in [5.74, 6) is 0. The van der Waals surface area contributed by atoms with Crippen LogP contribution in [0.15, 0.2) is 0 Å². The molecule has 1 aliphatic rings. The van der Waals surface area contributed by atoms with Gasteiger partial charge >= 0.3 is 6.18 Å². The SMILES string of the molecule is NC(=S)CN1CCN(CCOCC(F)(F)F)CC1. The van der Waals surface area contributed by atoms with Crippen molar-refractivity contribution in [3.05, 3.63) is 0 Å². The zero-order valence-electron chi connectivity index (χ0n) is 10.1. The number of halogens is 3. The number of ether oxygens (including phenoxy) is 1. The molecule has 1 aliphatic heterocycles. The molecule has 0 aliphatic carbocycles. The molecular weight excluding hydrogens is 267 g/mol. The minimum Gasteiger partial charge on any atom is -0.392 e. The van der Waals surface area contributed by atoms with Crippen molar-refractivity contribution in [2.45, 2.75) is 6.18 Å². The molecule has 1 fully saturated rings. The van der Waals surface area contributed by atoms with Crippen LogP contribution in [-0.2, 0) is 4.74 Å². The normalized spacial score (nSPS) is 19.1. The first-order valence-corrected chi connectivity index (χ1v) is 6.15. The molecule has 8 heteroatoms. The van der Waals surface area contributed by atoms with Crippen molar-refractivity contribution in [1.82, 2.24) is 9.80 Å². The number of piperazine rings is 1. The first kappa shape index (κ1) is 15.6. The number of nitrogens with zero attached hydrogens (tertiary/aromatic N) is 2. The Balaban J connectivity index is 2.07. The van der Waals surface area contributed by atoms with Crippen LogP contribution in [0.1, 0.15) is 0 Å². The maximum atomic E-state index is 11.8. The number of alkyl halides is 3. The van der Waals surface area contributed by atoms with Crippen LogP contribution in [0.4, 0.5) is 13.2 Å². The molecule has 0 spiro atoms. The molecule has 0 aromatic rings. The lowest BCUT2D eigenvalue weighted by molar-refractivity contribution is -0.174. The fourth-order valence-corrected chi connectivity index (χ4v) is 1.96.